The fourth-order valence-corrected chi connectivity index (χ4v) is 2.68. The molecule has 0 aromatic heterocycles. The summed E-state index contributed by atoms with van der Waals surface area (Å²) in [4.78, 5) is 11.6. The van der Waals surface area contributed by atoms with E-state index in [9.17, 15) is 31.1 Å². The molecular weight excluding hydrogens is 462 g/mol. The summed E-state index contributed by atoms with van der Waals surface area (Å²) >= 11 is 4.98. The lowest BCUT2D eigenvalue weighted by Crippen LogP contribution is -2.26. The molecule has 0 aliphatic rings. The number of carbonyl (C=O) groups is 1. The van der Waals surface area contributed by atoms with E-state index in [4.69, 9.17) is 21.7 Å². The first kappa shape index (κ1) is 25.2. The van der Waals surface area contributed by atoms with Crippen molar-refractivity contribution in [1.82, 2.24) is 0 Å². The van der Waals surface area contributed by atoms with Gasteiger partial charge in [-0.25, -0.2) is 4.79 Å². The first-order chi connectivity index (χ1) is 14.8. The molecule has 0 saturated carbocycles. The molecule has 0 fully saturated rings. The van der Waals surface area contributed by atoms with Gasteiger partial charge in [0.05, 0.1) is 17.7 Å². The molecule has 0 saturated heterocycles. The van der Waals surface area contributed by atoms with Gasteiger partial charge < -0.3 is 20.1 Å². The topological polar surface area (TPSA) is 59.6 Å². The smallest absolute Gasteiger partial charge is 0.416 e. The summed E-state index contributed by atoms with van der Waals surface area (Å²) in [6, 6.07) is 7.05. The van der Waals surface area contributed by atoms with E-state index in [-0.39, 0.29) is 17.8 Å². The zero-order chi connectivity index (χ0) is 24.1. The maximum atomic E-state index is 13.0. The molecule has 0 aliphatic carbocycles. The van der Waals surface area contributed by atoms with Gasteiger partial charge in [0.1, 0.15) is 5.75 Å². The molecule has 32 heavy (non-hydrogen) atoms. The first-order valence-corrected chi connectivity index (χ1v) is 9.51. The molecule has 2 rings (SSSR count). The molecule has 0 amide bonds. The van der Waals surface area contributed by atoms with Crippen LogP contribution in [0.2, 0.25) is 0 Å². The lowest BCUT2D eigenvalue weighted by atomic mass is 10.1. The second kappa shape index (κ2) is 10.1. The lowest BCUT2D eigenvalue weighted by Gasteiger charge is -2.16. The second-order valence-corrected chi connectivity index (χ2v) is 6.82. The maximum Gasteiger partial charge on any atom is 0.416 e. The van der Waals surface area contributed by atoms with Crippen LogP contribution in [0.15, 0.2) is 42.5 Å². The van der Waals surface area contributed by atoms with Crippen molar-refractivity contribution in [2.75, 3.05) is 17.2 Å². The third kappa shape index (κ3) is 7.29. The number of carbonyl (C=O) groups excluding carboxylic acids is 1. The predicted octanol–water partition coefficient (Wildman–Crippen LogP) is 5.86. The van der Waals surface area contributed by atoms with Crippen molar-refractivity contribution < 1.29 is 40.6 Å². The molecule has 1 unspecified atom stereocenters. The van der Waals surface area contributed by atoms with Gasteiger partial charge in [0.2, 0.25) is 0 Å². The van der Waals surface area contributed by atoms with E-state index in [1.165, 1.54) is 31.2 Å². The Morgan fingerprint density at radius 2 is 1.44 bits per heavy atom. The predicted molar refractivity (Wildman–Crippen MR) is 109 cm³/mol. The van der Waals surface area contributed by atoms with Crippen molar-refractivity contribution in [1.29, 1.82) is 0 Å². The van der Waals surface area contributed by atoms with Crippen LogP contribution < -0.4 is 15.4 Å². The van der Waals surface area contributed by atoms with Crippen LogP contribution in [0.3, 0.4) is 0 Å². The molecule has 2 N–H and O–H groups in total. The number of thiocarbonyl (C=S) groups is 1. The van der Waals surface area contributed by atoms with E-state index >= 15 is 0 Å². The van der Waals surface area contributed by atoms with Crippen molar-refractivity contribution in [3.63, 3.8) is 0 Å². The van der Waals surface area contributed by atoms with Crippen LogP contribution in [0.1, 0.15) is 25.0 Å². The molecule has 0 aliphatic heterocycles. The van der Waals surface area contributed by atoms with Crippen LogP contribution in [0.5, 0.6) is 5.75 Å². The normalized spacial score (nSPS) is 12.6. The van der Waals surface area contributed by atoms with Gasteiger partial charge in [0, 0.05) is 11.4 Å². The zero-order valence-corrected chi connectivity index (χ0v) is 17.5. The lowest BCUT2D eigenvalue weighted by molar-refractivity contribution is -0.150. The molecule has 174 valence electrons. The highest BCUT2D eigenvalue weighted by atomic mass is 32.1. The van der Waals surface area contributed by atoms with E-state index < -0.39 is 41.2 Å². The molecule has 2 aromatic carbocycles. The van der Waals surface area contributed by atoms with Crippen LogP contribution in [0, 0.1) is 0 Å². The molecule has 0 bridgehead atoms. The zero-order valence-electron chi connectivity index (χ0n) is 16.7. The highest BCUT2D eigenvalue weighted by Gasteiger charge is 2.37. The highest BCUT2D eigenvalue weighted by Crippen LogP contribution is 2.37. The molecule has 0 spiro atoms. The quantitative estimate of drug-likeness (QED) is 0.307. The van der Waals surface area contributed by atoms with E-state index in [2.05, 4.69) is 10.6 Å². The van der Waals surface area contributed by atoms with Crippen LogP contribution in [-0.4, -0.2) is 23.8 Å². The molecule has 0 radical (unpaired) electrons. The summed E-state index contributed by atoms with van der Waals surface area (Å²) in [6.07, 6.45) is -10.8. The van der Waals surface area contributed by atoms with Gasteiger partial charge in [-0.1, -0.05) is 0 Å². The van der Waals surface area contributed by atoms with Crippen molar-refractivity contribution in [2.24, 2.45) is 0 Å². The largest absolute Gasteiger partial charge is 0.479 e. The molecule has 2 aromatic rings. The highest BCUT2D eigenvalue weighted by molar-refractivity contribution is 7.80. The number of hydrogen-bond acceptors (Lipinski definition) is 4. The van der Waals surface area contributed by atoms with Gasteiger partial charge in [-0.15, -0.1) is 0 Å². The maximum absolute atomic E-state index is 13.0. The fraction of sp³-hybridized carbons (Fsp3) is 0.300. The van der Waals surface area contributed by atoms with E-state index in [0.29, 0.717) is 23.6 Å². The number of rotatable bonds is 6. The van der Waals surface area contributed by atoms with Gasteiger partial charge in [0.15, 0.2) is 11.2 Å². The van der Waals surface area contributed by atoms with E-state index in [1.807, 2.05) is 0 Å². The third-order valence-electron chi connectivity index (χ3n) is 3.89. The van der Waals surface area contributed by atoms with Crippen LogP contribution in [-0.2, 0) is 21.9 Å². The number of benzene rings is 2. The number of esters is 1. The summed E-state index contributed by atoms with van der Waals surface area (Å²) in [6.45, 7) is 3.37. The third-order valence-corrected chi connectivity index (χ3v) is 4.09. The Morgan fingerprint density at radius 1 is 0.938 bits per heavy atom. The average Bonchev–Trinajstić information content (AvgIpc) is 2.68. The molecule has 0 heterocycles. The van der Waals surface area contributed by atoms with Gasteiger partial charge >= 0.3 is 18.3 Å². The Labute approximate surface area is 184 Å². The minimum atomic E-state index is -4.97. The summed E-state index contributed by atoms with van der Waals surface area (Å²) in [7, 11) is 0. The van der Waals surface area contributed by atoms with Crippen molar-refractivity contribution >= 4 is 34.7 Å². The molecule has 5 nitrogen and oxygen atoms in total. The van der Waals surface area contributed by atoms with Crippen LogP contribution in [0.4, 0.5) is 37.7 Å². The van der Waals surface area contributed by atoms with Gasteiger partial charge in [0.25, 0.3) is 0 Å². The molecule has 1 atom stereocenters. The monoisotopic (exact) mass is 480 g/mol. The Morgan fingerprint density at radius 3 is 1.91 bits per heavy atom. The minimum Gasteiger partial charge on any atom is -0.479 e. The van der Waals surface area contributed by atoms with E-state index in [0.717, 1.165) is 0 Å². The van der Waals surface area contributed by atoms with Gasteiger partial charge in [-0.3, -0.25) is 0 Å². The van der Waals surface area contributed by atoms with E-state index in [1.54, 1.807) is 6.92 Å². The Bertz CT molecular complexity index is 929. The Kier molecular flexibility index (Phi) is 7.94. The number of halogens is 6. The van der Waals surface area contributed by atoms with Gasteiger partial charge in [-0.2, -0.15) is 26.3 Å². The number of anilines is 2. The summed E-state index contributed by atoms with van der Waals surface area (Å²) in [5, 5.41) is 4.73. The minimum absolute atomic E-state index is 0.0255. The SMILES string of the molecule is CCOC(=O)C(C)Oc1ccc(NC(=S)Nc2cc(C(F)(F)F)cc(C(F)(F)F)c2)cc1. The van der Waals surface area contributed by atoms with Gasteiger partial charge in [-0.05, 0) is 68.5 Å². The molecular formula is C20H18F6N2O3S. The van der Waals surface area contributed by atoms with Crippen LogP contribution >= 0.6 is 12.2 Å². The average molecular weight is 480 g/mol. The van der Waals surface area contributed by atoms with Crippen molar-refractivity contribution in [3.8, 4) is 5.75 Å². The van der Waals surface area contributed by atoms with Crippen molar-refractivity contribution in [3.05, 3.63) is 53.6 Å². The summed E-state index contributed by atoms with van der Waals surface area (Å²) < 4.78 is 88.0. The first-order valence-electron chi connectivity index (χ1n) is 9.10. The number of ether oxygens (including phenoxy) is 2. The summed E-state index contributed by atoms with van der Waals surface area (Å²) in [5.41, 5.74) is -3.03. The Hall–Kier alpha value is -3.02. The number of alkyl halides is 6. The fourth-order valence-electron chi connectivity index (χ4n) is 2.45. The van der Waals surface area contributed by atoms with Crippen molar-refractivity contribution in [2.45, 2.75) is 32.3 Å². The number of hydrogen-bond donors (Lipinski definition) is 2. The summed E-state index contributed by atoms with van der Waals surface area (Å²) in [5.74, 6) is -0.206. The standard InChI is InChI=1S/C20H18F6N2O3S/c1-3-30-17(29)11(2)31-16-6-4-14(5-7-16)27-18(32)28-15-9-12(19(21,22)23)8-13(10-15)20(24,25)26/h4-11H,3H2,1-2H3,(H2,27,28,32). The number of nitrogens with one attached hydrogen (secondary N) is 2. The van der Waals surface area contributed by atoms with Crippen LogP contribution in [0.25, 0.3) is 0 Å². The molecule has 12 heteroatoms. The Balaban J connectivity index is 2.08. The second-order valence-electron chi connectivity index (χ2n) is 6.41.